The predicted octanol–water partition coefficient (Wildman–Crippen LogP) is 4.50. The Hall–Kier alpha value is -7.10. The molecule has 4 aromatic rings. The van der Waals surface area contributed by atoms with Gasteiger partial charge in [0.2, 0.25) is 17.7 Å². The van der Waals surface area contributed by atoms with Crippen LogP contribution in [0.25, 0.3) is 11.1 Å². The van der Waals surface area contributed by atoms with Crippen LogP contribution in [-0.2, 0) is 56.9 Å². The number of benzene rings is 4. The third kappa shape index (κ3) is 11.3. The molecule has 7 N–H and O–H groups in total. The number of carboxylic acid groups (broad SMARTS) is 2. The van der Waals surface area contributed by atoms with Crippen molar-refractivity contribution in [2.75, 3.05) is 6.61 Å². The Morgan fingerprint density at radius 2 is 1.23 bits per heavy atom. The maximum atomic E-state index is 15.1. The van der Waals surface area contributed by atoms with Crippen molar-refractivity contribution in [2.24, 2.45) is 11.7 Å². The molecule has 0 heterocycles. The molecule has 16 heteroatoms. The highest BCUT2D eigenvalue weighted by atomic mass is 19.1. The van der Waals surface area contributed by atoms with Gasteiger partial charge in [0, 0.05) is 24.3 Å². The molecule has 61 heavy (non-hydrogen) atoms. The van der Waals surface area contributed by atoms with Crippen molar-refractivity contribution in [1.29, 1.82) is 0 Å². The van der Waals surface area contributed by atoms with Crippen LogP contribution in [0.15, 0.2) is 103 Å². The molecule has 3 atom stereocenters. The smallest absolute Gasteiger partial charge is 0.407 e. The lowest BCUT2D eigenvalue weighted by molar-refractivity contribution is -0.168. The molecule has 0 spiro atoms. The van der Waals surface area contributed by atoms with Gasteiger partial charge in [-0.25, -0.2) is 18.8 Å². The number of rotatable bonds is 20. The molecule has 15 nitrogen and oxygen atoms in total. The number of carbonyl (C=O) groups is 7. The lowest BCUT2D eigenvalue weighted by Crippen LogP contribution is -2.57. The van der Waals surface area contributed by atoms with E-state index in [-0.39, 0.29) is 56.3 Å². The molecule has 0 unspecified atom stereocenters. The Labute approximate surface area is 350 Å². The van der Waals surface area contributed by atoms with E-state index in [0.29, 0.717) is 0 Å². The predicted molar refractivity (Wildman–Crippen MR) is 218 cm³/mol. The fourth-order valence-corrected chi connectivity index (χ4v) is 7.04. The Bertz CT molecular complexity index is 2190. The highest BCUT2D eigenvalue weighted by molar-refractivity contribution is 6.02. The number of carbonyl (C=O) groups excluding carboxylic acids is 5. The zero-order valence-corrected chi connectivity index (χ0v) is 33.5. The molecule has 0 aliphatic heterocycles. The first kappa shape index (κ1) is 45.0. The number of hydrogen-bond donors (Lipinski definition) is 6. The Kier molecular flexibility index (Phi) is 14.9. The molecule has 0 fully saturated rings. The van der Waals surface area contributed by atoms with Gasteiger partial charge in [0.05, 0.1) is 0 Å². The van der Waals surface area contributed by atoms with Gasteiger partial charge < -0.3 is 41.4 Å². The largest absolute Gasteiger partial charge is 0.478 e. The summed E-state index contributed by atoms with van der Waals surface area (Å²) in [5.74, 6) is -8.24. The highest BCUT2D eigenvalue weighted by Crippen LogP contribution is 2.44. The molecular formula is C45H47FN4O11. The first-order valence-electron chi connectivity index (χ1n) is 19.5. The topological polar surface area (TPSA) is 241 Å². The fourth-order valence-electron chi connectivity index (χ4n) is 7.04. The van der Waals surface area contributed by atoms with E-state index in [4.69, 9.17) is 15.2 Å². The van der Waals surface area contributed by atoms with Gasteiger partial charge in [-0.1, -0.05) is 117 Å². The molecular weight excluding hydrogens is 792 g/mol. The van der Waals surface area contributed by atoms with Gasteiger partial charge in [0.1, 0.15) is 31.3 Å². The van der Waals surface area contributed by atoms with Gasteiger partial charge in [-0.05, 0) is 52.1 Å². The number of aliphatic carboxylic acids is 2. The van der Waals surface area contributed by atoms with Gasteiger partial charge >= 0.3 is 29.7 Å². The first-order valence-corrected chi connectivity index (χ1v) is 19.5. The van der Waals surface area contributed by atoms with Gasteiger partial charge in [0.25, 0.3) is 0 Å². The Morgan fingerprint density at radius 3 is 1.79 bits per heavy atom. The number of halogens is 1. The fraction of sp³-hybridized carbons (Fsp3) is 0.311. The second-order valence-electron chi connectivity index (χ2n) is 15.0. The lowest BCUT2D eigenvalue weighted by atomic mass is 9.93. The van der Waals surface area contributed by atoms with Gasteiger partial charge in [-0.15, -0.1) is 0 Å². The van der Waals surface area contributed by atoms with Crippen molar-refractivity contribution in [3.63, 3.8) is 0 Å². The molecule has 0 radical (unpaired) electrons. The lowest BCUT2D eigenvalue weighted by Gasteiger charge is -2.25. The van der Waals surface area contributed by atoms with Crippen LogP contribution >= 0.6 is 0 Å². The summed E-state index contributed by atoms with van der Waals surface area (Å²) in [5.41, 5.74) is 5.92. The summed E-state index contributed by atoms with van der Waals surface area (Å²) in [6, 6.07) is 24.3. The average molecular weight is 839 g/mol. The summed E-state index contributed by atoms with van der Waals surface area (Å²) in [6.45, 7) is 3.46. The number of hydrogen-bond acceptors (Lipinski definition) is 9. The molecule has 0 bridgehead atoms. The van der Waals surface area contributed by atoms with Crippen LogP contribution in [0.3, 0.4) is 0 Å². The summed E-state index contributed by atoms with van der Waals surface area (Å²) < 4.78 is 26.1. The van der Waals surface area contributed by atoms with Crippen LogP contribution in [0.2, 0.25) is 0 Å². The van der Waals surface area contributed by atoms with Crippen LogP contribution in [0.4, 0.5) is 9.18 Å². The van der Waals surface area contributed by atoms with Crippen molar-refractivity contribution in [1.82, 2.24) is 16.0 Å². The minimum Gasteiger partial charge on any atom is -0.478 e. The minimum atomic E-state index is -3.77. The van der Waals surface area contributed by atoms with Crippen LogP contribution < -0.4 is 21.7 Å². The van der Waals surface area contributed by atoms with E-state index in [9.17, 15) is 43.8 Å². The Balaban J connectivity index is 1.37. The second kappa shape index (κ2) is 20.2. The van der Waals surface area contributed by atoms with Crippen LogP contribution in [-0.4, -0.2) is 76.7 Å². The van der Waals surface area contributed by atoms with Crippen molar-refractivity contribution in [2.45, 2.75) is 75.8 Å². The summed E-state index contributed by atoms with van der Waals surface area (Å²) in [4.78, 5) is 89.7. The van der Waals surface area contributed by atoms with Gasteiger partial charge in [-0.2, -0.15) is 0 Å². The van der Waals surface area contributed by atoms with Crippen molar-refractivity contribution < 1.29 is 57.6 Å². The number of fused-ring (bicyclic) bond motifs is 3. The molecule has 4 amide bonds. The van der Waals surface area contributed by atoms with E-state index in [0.717, 1.165) is 39.9 Å². The van der Waals surface area contributed by atoms with Gasteiger partial charge in [-0.3, -0.25) is 19.2 Å². The Morgan fingerprint density at radius 1 is 0.689 bits per heavy atom. The van der Waals surface area contributed by atoms with E-state index >= 15 is 4.39 Å². The maximum Gasteiger partial charge on any atom is 0.407 e. The summed E-state index contributed by atoms with van der Waals surface area (Å²) >= 11 is 0. The normalized spacial score (nSPS) is 13.4. The quantitative estimate of drug-likeness (QED) is 0.0535. The zero-order chi connectivity index (χ0) is 44.3. The number of alkyl halides is 1. The molecule has 0 saturated carbocycles. The third-order valence-electron chi connectivity index (χ3n) is 10.2. The number of carboxylic acids is 2. The molecule has 0 saturated heterocycles. The first-order chi connectivity index (χ1) is 29.1. The third-order valence-corrected chi connectivity index (χ3v) is 10.2. The van der Waals surface area contributed by atoms with Gasteiger partial charge in [0.15, 0.2) is 0 Å². The number of nitrogens with two attached hydrogens (primary N) is 1. The standard InChI is InChI=1S/C45H47FN4O11/c1-26(2)22-36(39(47)52)48-41(54)37(23-27-16-18-29(19-17-27)45(46,42(55)56)43(57)58)49-40(53)35(20-21-38(51)60-24-28-10-4-3-5-11-28)50-44(59)61-25-34-32-14-8-6-12-30(32)31-13-7-9-15-33(31)34/h3-19,26,34-37H,20-25H2,1-2H3,(H2,47,52)(H,48,54)(H,49,53)(H,50,59)(H,55,56)(H,57,58)/t35-,36-,37-/m0/s1. The summed E-state index contributed by atoms with van der Waals surface area (Å²) in [6.07, 6.45) is -1.83. The number of alkyl carbamates (subject to hydrolysis) is 1. The SMILES string of the molecule is CC(C)C[C@H](NC(=O)[C@H](Cc1ccc(C(F)(C(=O)O)C(=O)O)cc1)NC(=O)[C@H](CCC(=O)OCc1ccccc1)NC(=O)OCC1c2ccccc2-c2ccccc21)C(N)=O. The van der Waals surface area contributed by atoms with E-state index in [1.165, 1.54) is 12.1 Å². The number of esters is 1. The second-order valence-corrected chi connectivity index (χ2v) is 15.0. The molecule has 1 aliphatic rings. The number of nitrogens with one attached hydrogen (secondary N) is 3. The molecule has 1 aliphatic carbocycles. The maximum absolute atomic E-state index is 15.1. The van der Waals surface area contributed by atoms with Crippen molar-refractivity contribution >= 4 is 41.7 Å². The molecule has 5 rings (SSSR count). The van der Waals surface area contributed by atoms with Crippen LogP contribution in [0.1, 0.15) is 66.8 Å². The monoisotopic (exact) mass is 838 g/mol. The highest BCUT2D eigenvalue weighted by Gasteiger charge is 2.49. The number of ether oxygens (including phenoxy) is 2. The zero-order valence-electron chi connectivity index (χ0n) is 33.5. The average Bonchev–Trinajstić information content (AvgIpc) is 3.56. The summed E-state index contributed by atoms with van der Waals surface area (Å²) in [7, 11) is 0. The number of amides is 4. The van der Waals surface area contributed by atoms with Crippen LogP contribution in [0.5, 0.6) is 0 Å². The van der Waals surface area contributed by atoms with E-state index in [1.54, 1.807) is 44.2 Å². The van der Waals surface area contributed by atoms with E-state index < -0.39 is 71.1 Å². The molecule has 0 aromatic heterocycles. The van der Waals surface area contributed by atoms with Crippen LogP contribution in [0, 0.1) is 5.92 Å². The number of primary amides is 1. The van der Waals surface area contributed by atoms with Crippen molar-refractivity contribution in [3.8, 4) is 11.1 Å². The summed E-state index contributed by atoms with van der Waals surface area (Å²) in [5, 5.41) is 26.3. The van der Waals surface area contributed by atoms with Crippen molar-refractivity contribution in [3.05, 3.63) is 131 Å². The van der Waals surface area contributed by atoms with E-state index in [1.807, 2.05) is 48.5 Å². The molecule has 320 valence electrons. The molecule has 4 aromatic carbocycles. The minimum absolute atomic E-state index is 0.0444. The van der Waals surface area contributed by atoms with E-state index in [2.05, 4.69) is 16.0 Å².